The fraction of sp³-hybridized carbons (Fsp3) is 0.345. The van der Waals surface area contributed by atoms with Crippen molar-refractivity contribution in [2.24, 2.45) is 0 Å². The maximum atomic E-state index is 13.7. The monoisotopic (exact) mass is 487 g/mol. The van der Waals surface area contributed by atoms with E-state index in [1.54, 1.807) is 32.6 Å². The Morgan fingerprint density at radius 2 is 1.89 bits per heavy atom. The number of aromatic amines is 1. The van der Waals surface area contributed by atoms with Gasteiger partial charge in [0.05, 0.1) is 25.5 Å². The number of methoxy groups -OCH3 is 2. The molecule has 0 aliphatic carbocycles. The summed E-state index contributed by atoms with van der Waals surface area (Å²) in [5, 5.41) is 1.21. The molecule has 3 heterocycles. The summed E-state index contributed by atoms with van der Waals surface area (Å²) >= 11 is 0. The number of furan rings is 1. The molecule has 188 valence electrons. The minimum absolute atomic E-state index is 0.135. The third-order valence-electron chi connectivity index (χ3n) is 7.30. The molecule has 1 fully saturated rings. The van der Waals surface area contributed by atoms with Crippen LogP contribution in [0.5, 0.6) is 5.75 Å². The lowest BCUT2D eigenvalue weighted by molar-refractivity contribution is 0.0610. The second-order valence-corrected chi connectivity index (χ2v) is 9.43. The number of carbonyl (C=O) groups excluding carboxylic acids is 1. The van der Waals surface area contributed by atoms with E-state index >= 15 is 0 Å². The fourth-order valence-electron chi connectivity index (χ4n) is 5.36. The van der Waals surface area contributed by atoms with E-state index in [0.717, 1.165) is 55.9 Å². The van der Waals surface area contributed by atoms with Gasteiger partial charge in [0.15, 0.2) is 5.76 Å². The van der Waals surface area contributed by atoms with Crippen molar-refractivity contribution in [3.8, 4) is 5.75 Å². The lowest BCUT2D eigenvalue weighted by atomic mass is 9.85. The number of likely N-dealkylation sites (tertiary alicyclic amines) is 1. The molecule has 5 rings (SSSR count). The third kappa shape index (κ3) is 4.76. The molecule has 0 atom stereocenters. The molecular weight excluding hydrogens is 454 g/mol. The van der Waals surface area contributed by atoms with Gasteiger partial charge in [0.1, 0.15) is 5.75 Å². The summed E-state index contributed by atoms with van der Waals surface area (Å²) in [7, 11) is 3.41. The van der Waals surface area contributed by atoms with Gasteiger partial charge in [-0.05, 0) is 67.3 Å². The molecule has 0 bridgehead atoms. The van der Waals surface area contributed by atoms with Gasteiger partial charge >= 0.3 is 0 Å². The molecule has 4 aromatic rings. The van der Waals surface area contributed by atoms with Crippen LogP contribution in [0.3, 0.4) is 0 Å². The number of anilines is 1. The summed E-state index contributed by atoms with van der Waals surface area (Å²) in [6.45, 7) is 3.17. The van der Waals surface area contributed by atoms with E-state index in [1.807, 2.05) is 41.3 Å². The number of H-pyrrole nitrogens is 1. The Labute approximate surface area is 211 Å². The maximum Gasteiger partial charge on any atom is 0.294 e. The molecule has 0 saturated carbocycles. The van der Waals surface area contributed by atoms with Crippen LogP contribution in [0, 0.1) is 0 Å². The molecule has 1 N–H and O–H groups in total. The summed E-state index contributed by atoms with van der Waals surface area (Å²) in [5.74, 6) is 1.07. The quantitative estimate of drug-likeness (QED) is 0.354. The first kappa shape index (κ1) is 24.2. The van der Waals surface area contributed by atoms with Gasteiger partial charge in [0.2, 0.25) is 0 Å². The van der Waals surface area contributed by atoms with Gasteiger partial charge in [0.25, 0.3) is 5.91 Å². The third-order valence-corrected chi connectivity index (χ3v) is 7.30. The van der Waals surface area contributed by atoms with Crippen LogP contribution >= 0.6 is 0 Å². The van der Waals surface area contributed by atoms with Gasteiger partial charge in [0, 0.05) is 49.5 Å². The highest BCUT2D eigenvalue weighted by atomic mass is 16.5. The van der Waals surface area contributed by atoms with Crippen molar-refractivity contribution >= 4 is 22.5 Å². The SMILES string of the molecule is COCC1(N(C(=O)c2ccco2)c2ccccc2)CCN(CCc2c[nH]c3ccc(OC)cc23)CC1. The van der Waals surface area contributed by atoms with Crippen molar-refractivity contribution in [1.29, 1.82) is 0 Å². The van der Waals surface area contributed by atoms with Gasteiger partial charge in [-0.2, -0.15) is 0 Å². The van der Waals surface area contributed by atoms with Crippen LogP contribution in [0.25, 0.3) is 10.9 Å². The lowest BCUT2D eigenvalue weighted by Crippen LogP contribution is -2.60. The largest absolute Gasteiger partial charge is 0.497 e. The molecular formula is C29H33N3O4. The molecule has 2 aromatic carbocycles. The number of para-hydroxylation sites is 1. The number of benzene rings is 2. The number of rotatable bonds is 9. The highest BCUT2D eigenvalue weighted by molar-refractivity contribution is 6.05. The van der Waals surface area contributed by atoms with E-state index in [-0.39, 0.29) is 5.91 Å². The van der Waals surface area contributed by atoms with Crippen LogP contribution in [0.1, 0.15) is 29.0 Å². The zero-order chi connectivity index (χ0) is 25.0. The number of aromatic nitrogens is 1. The van der Waals surface area contributed by atoms with E-state index < -0.39 is 5.54 Å². The Morgan fingerprint density at radius 3 is 2.58 bits per heavy atom. The predicted octanol–water partition coefficient (Wildman–Crippen LogP) is 5.14. The smallest absolute Gasteiger partial charge is 0.294 e. The predicted molar refractivity (Wildman–Crippen MR) is 141 cm³/mol. The van der Waals surface area contributed by atoms with Crippen LogP contribution < -0.4 is 9.64 Å². The van der Waals surface area contributed by atoms with Gasteiger partial charge < -0.3 is 23.8 Å². The Hall–Kier alpha value is -3.55. The molecule has 1 aliphatic heterocycles. The average Bonchev–Trinajstić information content (AvgIpc) is 3.59. The average molecular weight is 488 g/mol. The van der Waals surface area contributed by atoms with Crippen molar-refractivity contribution in [3.63, 3.8) is 0 Å². The number of nitrogens with one attached hydrogen (secondary N) is 1. The number of piperidine rings is 1. The highest BCUT2D eigenvalue weighted by Crippen LogP contribution is 2.35. The van der Waals surface area contributed by atoms with Crippen LogP contribution in [0.15, 0.2) is 77.5 Å². The number of amides is 1. The molecule has 0 unspecified atom stereocenters. The van der Waals surface area contributed by atoms with Crippen molar-refractivity contribution in [2.75, 3.05) is 45.4 Å². The molecule has 36 heavy (non-hydrogen) atoms. The Balaban J connectivity index is 1.33. The highest BCUT2D eigenvalue weighted by Gasteiger charge is 2.44. The maximum absolute atomic E-state index is 13.7. The molecule has 2 aromatic heterocycles. The fourth-order valence-corrected chi connectivity index (χ4v) is 5.36. The summed E-state index contributed by atoms with van der Waals surface area (Å²) in [4.78, 5) is 21.4. The van der Waals surface area contributed by atoms with E-state index in [0.29, 0.717) is 12.4 Å². The molecule has 1 amide bonds. The van der Waals surface area contributed by atoms with Crippen molar-refractivity contribution < 1.29 is 18.7 Å². The number of carbonyl (C=O) groups is 1. The number of hydrogen-bond donors (Lipinski definition) is 1. The Kier molecular flexibility index (Phi) is 7.11. The van der Waals surface area contributed by atoms with Gasteiger partial charge in [-0.25, -0.2) is 0 Å². The first-order valence-corrected chi connectivity index (χ1v) is 12.4. The van der Waals surface area contributed by atoms with E-state index in [9.17, 15) is 4.79 Å². The molecule has 0 radical (unpaired) electrons. The topological polar surface area (TPSA) is 70.9 Å². The van der Waals surface area contributed by atoms with E-state index in [1.165, 1.54) is 10.9 Å². The molecule has 1 aliphatic rings. The molecule has 0 spiro atoms. The second-order valence-electron chi connectivity index (χ2n) is 9.43. The summed E-state index contributed by atoms with van der Waals surface area (Å²) in [6.07, 6.45) is 6.21. The molecule has 7 heteroatoms. The number of fused-ring (bicyclic) bond motifs is 1. The van der Waals surface area contributed by atoms with E-state index in [4.69, 9.17) is 13.9 Å². The van der Waals surface area contributed by atoms with Crippen molar-refractivity contribution in [1.82, 2.24) is 9.88 Å². The van der Waals surface area contributed by atoms with Gasteiger partial charge in [-0.1, -0.05) is 18.2 Å². The Bertz CT molecular complexity index is 1270. The van der Waals surface area contributed by atoms with E-state index in [2.05, 4.69) is 28.2 Å². The second kappa shape index (κ2) is 10.6. The zero-order valence-corrected chi connectivity index (χ0v) is 20.9. The van der Waals surface area contributed by atoms with Crippen LogP contribution in [0.2, 0.25) is 0 Å². The summed E-state index contributed by atoms with van der Waals surface area (Å²) < 4.78 is 16.6. The summed E-state index contributed by atoms with van der Waals surface area (Å²) in [5.41, 5.74) is 2.82. The normalized spacial score (nSPS) is 15.7. The van der Waals surface area contributed by atoms with Crippen LogP contribution in [-0.4, -0.2) is 61.8 Å². The van der Waals surface area contributed by atoms with Gasteiger partial charge in [-0.3, -0.25) is 9.69 Å². The number of hydrogen-bond acceptors (Lipinski definition) is 5. The molecule has 1 saturated heterocycles. The number of ether oxygens (including phenoxy) is 2. The minimum Gasteiger partial charge on any atom is -0.497 e. The first-order valence-electron chi connectivity index (χ1n) is 12.4. The first-order chi connectivity index (χ1) is 17.6. The lowest BCUT2D eigenvalue weighted by Gasteiger charge is -2.48. The van der Waals surface area contributed by atoms with Crippen molar-refractivity contribution in [2.45, 2.75) is 24.8 Å². The Morgan fingerprint density at radius 1 is 1.08 bits per heavy atom. The van der Waals surface area contributed by atoms with Crippen molar-refractivity contribution in [3.05, 3.63) is 84.4 Å². The van der Waals surface area contributed by atoms with Crippen LogP contribution in [0.4, 0.5) is 5.69 Å². The number of nitrogens with zero attached hydrogens (tertiary/aromatic N) is 2. The van der Waals surface area contributed by atoms with Crippen LogP contribution in [-0.2, 0) is 11.2 Å². The summed E-state index contributed by atoms with van der Waals surface area (Å²) in [6, 6.07) is 19.5. The zero-order valence-electron chi connectivity index (χ0n) is 20.9. The standard InChI is InChI=1S/C29H33N3O4/c1-34-21-29(32(23-7-4-3-5-8-23)28(33)27-9-6-18-36-27)13-16-31(17-14-29)15-12-22-20-30-26-11-10-24(35-2)19-25(22)26/h3-11,18-20,30H,12-17,21H2,1-2H3. The molecule has 7 nitrogen and oxygen atoms in total. The minimum atomic E-state index is -0.454. The van der Waals surface area contributed by atoms with Gasteiger partial charge in [-0.15, -0.1) is 0 Å².